The third kappa shape index (κ3) is 4.24. The fraction of sp³-hybridized carbons (Fsp3) is 0.562. The second-order valence-corrected chi connectivity index (χ2v) is 9.32. The van der Waals surface area contributed by atoms with E-state index >= 15 is 0 Å². The third-order valence-corrected chi connectivity index (χ3v) is 7.67. The van der Waals surface area contributed by atoms with Crippen molar-refractivity contribution in [3.05, 3.63) is 29.2 Å². The SMILES string of the molecule is O=C(CC1C=CCC1)NCc1ccc(S(=O)(=O)N2CCOCC2)s1. The van der Waals surface area contributed by atoms with Crippen LogP contribution in [-0.4, -0.2) is 44.9 Å². The van der Waals surface area contributed by atoms with Gasteiger partial charge in [-0.25, -0.2) is 8.42 Å². The number of nitrogens with one attached hydrogen (secondary N) is 1. The van der Waals surface area contributed by atoms with Crippen molar-refractivity contribution in [1.29, 1.82) is 0 Å². The van der Waals surface area contributed by atoms with E-state index in [4.69, 9.17) is 4.74 Å². The standard InChI is InChI=1S/C16H22N2O4S2/c19-15(11-13-3-1-2-4-13)17-12-14-5-6-16(23-14)24(20,21)18-7-9-22-10-8-18/h1,3,5-6,13H,2,4,7-12H2,(H,17,19). The summed E-state index contributed by atoms with van der Waals surface area (Å²) in [7, 11) is -3.45. The van der Waals surface area contributed by atoms with Crippen molar-refractivity contribution in [3.63, 3.8) is 0 Å². The predicted octanol–water partition coefficient (Wildman–Crippen LogP) is 1.74. The zero-order chi connectivity index (χ0) is 17.0. The summed E-state index contributed by atoms with van der Waals surface area (Å²) < 4.78 is 32.1. The minimum absolute atomic E-state index is 0.0116. The average molecular weight is 370 g/mol. The summed E-state index contributed by atoms with van der Waals surface area (Å²) in [5, 5.41) is 2.88. The number of nitrogens with zero attached hydrogens (tertiary/aromatic N) is 1. The summed E-state index contributed by atoms with van der Waals surface area (Å²) in [6.07, 6.45) is 6.79. The number of hydrogen-bond acceptors (Lipinski definition) is 5. The Morgan fingerprint density at radius 1 is 1.33 bits per heavy atom. The molecule has 1 atom stereocenters. The minimum atomic E-state index is -3.45. The first-order valence-electron chi connectivity index (χ1n) is 8.15. The molecule has 1 aliphatic carbocycles. The van der Waals surface area contributed by atoms with Gasteiger partial charge in [0.05, 0.1) is 19.8 Å². The van der Waals surface area contributed by atoms with Gasteiger partial charge in [0.25, 0.3) is 10.0 Å². The fourth-order valence-corrected chi connectivity index (χ4v) is 5.73. The molecule has 132 valence electrons. The molecule has 24 heavy (non-hydrogen) atoms. The zero-order valence-corrected chi connectivity index (χ0v) is 15.1. The lowest BCUT2D eigenvalue weighted by Gasteiger charge is -2.25. The van der Waals surface area contributed by atoms with Crippen molar-refractivity contribution in [2.45, 2.75) is 30.0 Å². The maximum absolute atomic E-state index is 12.6. The number of sulfonamides is 1. The number of morpholine rings is 1. The Morgan fingerprint density at radius 2 is 2.12 bits per heavy atom. The molecule has 1 saturated heterocycles. The third-order valence-electron chi connectivity index (χ3n) is 4.22. The summed E-state index contributed by atoms with van der Waals surface area (Å²) >= 11 is 1.22. The van der Waals surface area contributed by atoms with Gasteiger partial charge >= 0.3 is 0 Å². The van der Waals surface area contributed by atoms with Crippen LogP contribution in [0.4, 0.5) is 0 Å². The van der Waals surface area contributed by atoms with Crippen molar-refractivity contribution in [1.82, 2.24) is 9.62 Å². The van der Waals surface area contributed by atoms with Crippen LogP contribution in [0.25, 0.3) is 0 Å². The van der Waals surface area contributed by atoms with Crippen molar-refractivity contribution in [3.8, 4) is 0 Å². The molecule has 0 radical (unpaired) electrons. The second kappa shape index (κ2) is 7.77. The van der Waals surface area contributed by atoms with Crippen LogP contribution >= 0.6 is 11.3 Å². The average Bonchev–Trinajstić information content (AvgIpc) is 3.25. The van der Waals surface area contributed by atoms with Gasteiger partial charge in [0.1, 0.15) is 4.21 Å². The predicted molar refractivity (Wildman–Crippen MR) is 92.2 cm³/mol. The summed E-state index contributed by atoms with van der Waals surface area (Å²) in [5.41, 5.74) is 0. The number of thiophene rings is 1. The molecule has 0 saturated carbocycles. The highest BCUT2D eigenvalue weighted by molar-refractivity contribution is 7.91. The molecule has 0 spiro atoms. The van der Waals surface area contributed by atoms with E-state index in [1.54, 1.807) is 12.1 Å². The summed E-state index contributed by atoms with van der Waals surface area (Å²) in [4.78, 5) is 12.8. The van der Waals surface area contributed by atoms with Crippen LogP contribution in [0.3, 0.4) is 0 Å². The highest BCUT2D eigenvalue weighted by atomic mass is 32.2. The van der Waals surface area contributed by atoms with Gasteiger partial charge in [-0.3, -0.25) is 4.79 Å². The van der Waals surface area contributed by atoms with Crippen LogP contribution in [0.2, 0.25) is 0 Å². The van der Waals surface area contributed by atoms with Crippen LogP contribution < -0.4 is 5.32 Å². The van der Waals surface area contributed by atoms with Gasteiger partial charge in [-0.05, 0) is 30.9 Å². The number of rotatable bonds is 6. The molecule has 3 rings (SSSR count). The minimum Gasteiger partial charge on any atom is -0.379 e. The number of ether oxygens (including phenoxy) is 1. The van der Waals surface area contributed by atoms with Crippen molar-refractivity contribution >= 4 is 27.3 Å². The van der Waals surface area contributed by atoms with E-state index < -0.39 is 10.0 Å². The Hall–Kier alpha value is -1.22. The van der Waals surface area contributed by atoms with Crippen LogP contribution in [-0.2, 0) is 26.1 Å². The molecule has 2 aliphatic rings. The number of carbonyl (C=O) groups is 1. The number of allylic oxidation sites excluding steroid dienone is 2. The Balaban J connectivity index is 1.54. The van der Waals surface area contributed by atoms with Crippen LogP contribution in [0, 0.1) is 5.92 Å². The lowest BCUT2D eigenvalue weighted by molar-refractivity contribution is -0.121. The first kappa shape index (κ1) is 17.6. The van der Waals surface area contributed by atoms with Crippen LogP contribution in [0.15, 0.2) is 28.5 Å². The highest BCUT2D eigenvalue weighted by Crippen LogP contribution is 2.26. The van der Waals surface area contributed by atoms with Crippen LogP contribution in [0.5, 0.6) is 0 Å². The van der Waals surface area contributed by atoms with Gasteiger partial charge in [0, 0.05) is 24.4 Å². The summed E-state index contributed by atoms with van der Waals surface area (Å²) in [6, 6.07) is 3.39. The lowest BCUT2D eigenvalue weighted by Crippen LogP contribution is -2.40. The molecule has 1 amide bonds. The maximum atomic E-state index is 12.6. The van der Waals surface area contributed by atoms with E-state index in [0.29, 0.717) is 49.4 Å². The zero-order valence-electron chi connectivity index (χ0n) is 13.4. The topological polar surface area (TPSA) is 75.7 Å². The Labute approximate surface area is 146 Å². The van der Waals surface area contributed by atoms with E-state index in [2.05, 4.69) is 17.5 Å². The molecule has 1 aliphatic heterocycles. The van der Waals surface area contributed by atoms with Gasteiger partial charge < -0.3 is 10.1 Å². The molecule has 1 aromatic heterocycles. The molecule has 0 aromatic carbocycles. The van der Waals surface area contributed by atoms with E-state index in [0.717, 1.165) is 17.7 Å². The fourth-order valence-electron chi connectivity index (χ4n) is 2.87. The largest absolute Gasteiger partial charge is 0.379 e. The first-order valence-corrected chi connectivity index (χ1v) is 10.4. The van der Waals surface area contributed by atoms with Crippen LogP contribution in [0.1, 0.15) is 24.1 Å². The maximum Gasteiger partial charge on any atom is 0.252 e. The van der Waals surface area contributed by atoms with E-state index in [-0.39, 0.29) is 5.91 Å². The van der Waals surface area contributed by atoms with Crippen molar-refractivity contribution in [2.24, 2.45) is 5.92 Å². The van der Waals surface area contributed by atoms with Crippen molar-refractivity contribution in [2.75, 3.05) is 26.3 Å². The molecule has 1 unspecified atom stereocenters. The molecule has 0 bridgehead atoms. The molecule has 8 heteroatoms. The number of carbonyl (C=O) groups excluding carboxylic acids is 1. The van der Waals surface area contributed by atoms with Gasteiger partial charge in [-0.1, -0.05) is 12.2 Å². The molecule has 1 aromatic rings. The van der Waals surface area contributed by atoms with E-state index in [9.17, 15) is 13.2 Å². The second-order valence-electron chi connectivity index (χ2n) is 5.98. The van der Waals surface area contributed by atoms with Gasteiger partial charge in [-0.15, -0.1) is 11.3 Å². The lowest BCUT2D eigenvalue weighted by atomic mass is 10.1. The molecular weight excluding hydrogens is 348 g/mol. The smallest absolute Gasteiger partial charge is 0.252 e. The normalized spacial score (nSPS) is 21.9. The van der Waals surface area contributed by atoms with Crippen molar-refractivity contribution < 1.29 is 17.9 Å². The van der Waals surface area contributed by atoms with E-state index in [1.807, 2.05) is 0 Å². The number of hydrogen-bond donors (Lipinski definition) is 1. The van der Waals surface area contributed by atoms with Gasteiger partial charge in [0.15, 0.2) is 0 Å². The summed E-state index contributed by atoms with van der Waals surface area (Å²) in [6.45, 7) is 2.02. The molecular formula is C16H22N2O4S2. The Morgan fingerprint density at radius 3 is 2.83 bits per heavy atom. The highest BCUT2D eigenvalue weighted by Gasteiger charge is 2.27. The molecule has 1 N–H and O–H groups in total. The number of amides is 1. The Bertz CT molecular complexity index is 705. The van der Waals surface area contributed by atoms with Gasteiger partial charge in [0.2, 0.25) is 5.91 Å². The summed E-state index contributed by atoms with van der Waals surface area (Å²) in [5.74, 6) is 0.350. The quantitative estimate of drug-likeness (QED) is 0.774. The molecule has 6 nitrogen and oxygen atoms in total. The van der Waals surface area contributed by atoms with E-state index in [1.165, 1.54) is 15.6 Å². The first-order chi connectivity index (χ1) is 11.6. The Kier molecular flexibility index (Phi) is 5.70. The molecule has 2 heterocycles. The molecule has 1 fully saturated rings. The monoisotopic (exact) mass is 370 g/mol. The van der Waals surface area contributed by atoms with Gasteiger partial charge in [-0.2, -0.15) is 4.31 Å².